The molecule has 16 heavy (non-hydrogen) atoms. The molecule has 2 rings (SSSR count). The molecule has 0 saturated heterocycles. The molecule has 1 aliphatic carbocycles. The Morgan fingerprint density at radius 2 is 2.19 bits per heavy atom. The summed E-state index contributed by atoms with van der Waals surface area (Å²) in [7, 11) is 0. The molecule has 1 aliphatic rings. The summed E-state index contributed by atoms with van der Waals surface area (Å²) >= 11 is 6.09. The first-order valence-electron chi connectivity index (χ1n) is 5.75. The first-order valence-corrected chi connectivity index (χ1v) is 6.13. The van der Waals surface area contributed by atoms with Gasteiger partial charge in [0, 0.05) is 6.04 Å². The minimum Gasteiger partial charge on any atom is -0.397 e. The smallest absolute Gasteiger partial charge is 0.145 e. The van der Waals surface area contributed by atoms with Crippen molar-refractivity contribution < 1.29 is 0 Å². The van der Waals surface area contributed by atoms with Crippen LogP contribution in [0.3, 0.4) is 0 Å². The fraction of sp³-hybridized carbons (Fsp3) is 0.583. The van der Waals surface area contributed by atoms with Crippen LogP contribution in [0.2, 0.25) is 5.02 Å². The van der Waals surface area contributed by atoms with E-state index in [1.807, 2.05) is 0 Å². The molecule has 3 atom stereocenters. The van der Waals surface area contributed by atoms with Gasteiger partial charge in [-0.2, -0.15) is 0 Å². The maximum atomic E-state index is 6.09. The molecular weight excluding hydrogens is 222 g/mol. The molecule has 88 valence electrons. The van der Waals surface area contributed by atoms with Gasteiger partial charge in [-0.3, -0.25) is 0 Å². The molecule has 1 fully saturated rings. The third-order valence-electron chi connectivity index (χ3n) is 3.65. The van der Waals surface area contributed by atoms with Gasteiger partial charge in [0.2, 0.25) is 0 Å². The van der Waals surface area contributed by atoms with Gasteiger partial charge >= 0.3 is 0 Å². The lowest BCUT2D eigenvalue weighted by Crippen LogP contribution is -2.24. The predicted molar refractivity (Wildman–Crippen MR) is 68.6 cm³/mol. The average Bonchev–Trinajstić information content (AvgIpc) is 2.54. The van der Waals surface area contributed by atoms with Crippen LogP contribution < -0.4 is 11.1 Å². The van der Waals surface area contributed by atoms with Crippen molar-refractivity contribution >= 4 is 23.1 Å². The number of halogens is 1. The van der Waals surface area contributed by atoms with E-state index in [9.17, 15) is 0 Å². The van der Waals surface area contributed by atoms with Crippen LogP contribution in [0.1, 0.15) is 26.7 Å². The zero-order valence-corrected chi connectivity index (χ0v) is 10.5. The highest BCUT2D eigenvalue weighted by Crippen LogP contribution is 2.34. The fourth-order valence-electron chi connectivity index (χ4n) is 2.30. The molecule has 1 saturated carbocycles. The lowest BCUT2D eigenvalue weighted by Gasteiger charge is -2.20. The molecule has 3 unspecified atom stereocenters. The van der Waals surface area contributed by atoms with E-state index in [1.54, 1.807) is 12.3 Å². The highest BCUT2D eigenvalue weighted by Gasteiger charge is 2.30. The van der Waals surface area contributed by atoms with Crippen molar-refractivity contribution in [3.8, 4) is 0 Å². The zero-order chi connectivity index (χ0) is 11.7. The molecule has 0 aliphatic heterocycles. The second-order valence-electron chi connectivity index (χ2n) is 4.76. The molecule has 0 radical (unpaired) electrons. The summed E-state index contributed by atoms with van der Waals surface area (Å²) in [6, 6.07) is 2.21. The van der Waals surface area contributed by atoms with E-state index >= 15 is 0 Å². The quantitative estimate of drug-likeness (QED) is 0.834. The highest BCUT2D eigenvalue weighted by atomic mass is 35.5. The Hall–Kier alpha value is -0.960. The SMILES string of the molecule is CC1CCC(Nc2ncc(N)cc2Cl)C1C. The van der Waals surface area contributed by atoms with Gasteiger partial charge in [0.1, 0.15) is 5.82 Å². The van der Waals surface area contributed by atoms with E-state index < -0.39 is 0 Å². The number of anilines is 2. The Bertz CT molecular complexity index is 381. The molecule has 0 bridgehead atoms. The molecule has 0 aromatic carbocycles. The third-order valence-corrected chi connectivity index (χ3v) is 3.94. The van der Waals surface area contributed by atoms with Crippen LogP contribution in [-0.2, 0) is 0 Å². The van der Waals surface area contributed by atoms with Gasteiger partial charge in [-0.05, 0) is 30.7 Å². The maximum Gasteiger partial charge on any atom is 0.145 e. The van der Waals surface area contributed by atoms with E-state index in [0.717, 1.165) is 11.7 Å². The summed E-state index contributed by atoms with van der Waals surface area (Å²) in [5.41, 5.74) is 6.21. The van der Waals surface area contributed by atoms with Crippen molar-refractivity contribution in [3.63, 3.8) is 0 Å². The topological polar surface area (TPSA) is 50.9 Å². The maximum absolute atomic E-state index is 6.09. The van der Waals surface area contributed by atoms with Crippen LogP contribution in [0.15, 0.2) is 12.3 Å². The molecule has 1 aromatic rings. The molecule has 3 N–H and O–H groups in total. The van der Waals surface area contributed by atoms with Crippen LogP contribution in [-0.4, -0.2) is 11.0 Å². The Kier molecular flexibility index (Phi) is 3.24. The number of nitrogens with two attached hydrogens (primary N) is 1. The number of nitrogens with zero attached hydrogens (tertiary/aromatic N) is 1. The number of pyridine rings is 1. The monoisotopic (exact) mass is 239 g/mol. The van der Waals surface area contributed by atoms with Crippen molar-refractivity contribution in [2.45, 2.75) is 32.7 Å². The Morgan fingerprint density at radius 1 is 1.44 bits per heavy atom. The number of nitrogens with one attached hydrogen (secondary N) is 1. The number of hydrogen-bond acceptors (Lipinski definition) is 3. The summed E-state index contributed by atoms with van der Waals surface area (Å²) < 4.78 is 0. The van der Waals surface area contributed by atoms with Gasteiger partial charge in [0.25, 0.3) is 0 Å². The number of aromatic nitrogens is 1. The highest BCUT2D eigenvalue weighted by molar-refractivity contribution is 6.33. The Balaban J connectivity index is 2.09. The van der Waals surface area contributed by atoms with Gasteiger partial charge in [0.15, 0.2) is 0 Å². The second kappa shape index (κ2) is 4.50. The summed E-state index contributed by atoms with van der Waals surface area (Å²) in [5, 5.41) is 4.02. The lowest BCUT2D eigenvalue weighted by molar-refractivity contribution is 0.435. The number of nitrogen functional groups attached to an aromatic ring is 1. The van der Waals surface area contributed by atoms with Crippen molar-refractivity contribution in [1.82, 2.24) is 4.98 Å². The van der Waals surface area contributed by atoms with Crippen molar-refractivity contribution in [2.24, 2.45) is 11.8 Å². The van der Waals surface area contributed by atoms with Crippen LogP contribution in [0, 0.1) is 11.8 Å². The molecule has 0 amide bonds. The van der Waals surface area contributed by atoms with Crippen molar-refractivity contribution in [2.75, 3.05) is 11.1 Å². The van der Waals surface area contributed by atoms with E-state index in [4.69, 9.17) is 17.3 Å². The van der Waals surface area contributed by atoms with Crippen molar-refractivity contribution in [1.29, 1.82) is 0 Å². The standard InChI is InChI=1S/C12H18ClN3/c1-7-3-4-11(8(7)2)16-12-10(13)5-9(14)6-15-12/h5-8,11H,3-4,14H2,1-2H3,(H,15,16). The van der Waals surface area contributed by atoms with E-state index in [-0.39, 0.29) is 0 Å². The average molecular weight is 240 g/mol. The minimum atomic E-state index is 0.476. The largest absolute Gasteiger partial charge is 0.397 e. The lowest BCUT2D eigenvalue weighted by atomic mass is 9.98. The van der Waals surface area contributed by atoms with E-state index in [0.29, 0.717) is 22.7 Å². The van der Waals surface area contributed by atoms with Gasteiger partial charge in [-0.15, -0.1) is 0 Å². The molecule has 1 heterocycles. The molecular formula is C12H18ClN3. The van der Waals surface area contributed by atoms with Crippen LogP contribution in [0.25, 0.3) is 0 Å². The Morgan fingerprint density at radius 3 is 2.75 bits per heavy atom. The summed E-state index contributed by atoms with van der Waals surface area (Å²) in [6.07, 6.45) is 4.09. The molecule has 3 nitrogen and oxygen atoms in total. The van der Waals surface area contributed by atoms with Gasteiger partial charge < -0.3 is 11.1 Å². The molecule has 0 spiro atoms. The number of hydrogen-bond donors (Lipinski definition) is 2. The minimum absolute atomic E-state index is 0.476. The molecule has 1 aromatic heterocycles. The summed E-state index contributed by atoms with van der Waals surface area (Å²) in [5.74, 6) is 2.18. The van der Waals surface area contributed by atoms with Gasteiger partial charge in [-0.1, -0.05) is 25.4 Å². The van der Waals surface area contributed by atoms with Crippen molar-refractivity contribution in [3.05, 3.63) is 17.3 Å². The zero-order valence-electron chi connectivity index (χ0n) is 9.70. The normalized spacial score (nSPS) is 29.3. The van der Waals surface area contributed by atoms with Gasteiger partial charge in [-0.25, -0.2) is 4.98 Å². The third kappa shape index (κ3) is 2.24. The first-order chi connectivity index (χ1) is 7.58. The van der Waals surface area contributed by atoms with Crippen LogP contribution >= 0.6 is 11.6 Å². The van der Waals surface area contributed by atoms with Crippen LogP contribution in [0.5, 0.6) is 0 Å². The van der Waals surface area contributed by atoms with E-state index in [2.05, 4.69) is 24.1 Å². The molecule has 4 heteroatoms. The predicted octanol–water partition coefficient (Wildman–Crippen LogP) is 3.16. The number of rotatable bonds is 2. The second-order valence-corrected chi connectivity index (χ2v) is 5.17. The summed E-state index contributed by atoms with van der Waals surface area (Å²) in [6.45, 7) is 4.57. The first kappa shape index (κ1) is 11.5. The van der Waals surface area contributed by atoms with E-state index in [1.165, 1.54) is 12.8 Å². The Labute approximate surface area is 101 Å². The summed E-state index contributed by atoms with van der Waals surface area (Å²) in [4.78, 5) is 4.23. The van der Waals surface area contributed by atoms with Crippen LogP contribution in [0.4, 0.5) is 11.5 Å². The van der Waals surface area contributed by atoms with Gasteiger partial charge in [0.05, 0.1) is 16.9 Å². The fourth-order valence-corrected chi connectivity index (χ4v) is 2.53.